The number of nitrogens with two attached hydrogens (primary N) is 1. The molecule has 2 unspecified atom stereocenters. The van der Waals surface area contributed by atoms with Gasteiger partial charge in [-0.1, -0.05) is 6.92 Å². The van der Waals surface area contributed by atoms with E-state index < -0.39 is 0 Å². The van der Waals surface area contributed by atoms with Crippen LogP contribution in [0.5, 0.6) is 0 Å². The van der Waals surface area contributed by atoms with Crippen molar-refractivity contribution < 1.29 is 4.42 Å². The molecule has 20 heavy (non-hydrogen) atoms. The minimum Gasteiger partial charge on any atom is -0.465 e. The second-order valence-electron chi connectivity index (χ2n) is 5.11. The van der Waals surface area contributed by atoms with Gasteiger partial charge in [0, 0.05) is 20.8 Å². The monoisotopic (exact) mass is 356 g/mol. The molecule has 0 aliphatic heterocycles. The van der Waals surface area contributed by atoms with Crippen LogP contribution in [0.2, 0.25) is 0 Å². The number of aryl methyl sites for hydroxylation is 1. The topological polar surface area (TPSA) is 42.4 Å². The third-order valence-corrected chi connectivity index (χ3v) is 5.20. The van der Waals surface area contributed by atoms with Crippen molar-refractivity contribution >= 4 is 27.3 Å². The second-order valence-corrected chi connectivity index (χ2v) is 6.97. The number of halogens is 1. The molecule has 2 atom stereocenters. The van der Waals surface area contributed by atoms with Crippen LogP contribution in [0.15, 0.2) is 32.5 Å². The first-order valence-corrected chi connectivity index (χ1v) is 8.43. The van der Waals surface area contributed by atoms with Gasteiger partial charge in [0.05, 0.1) is 12.6 Å². The molecule has 3 nitrogen and oxygen atoms in total. The summed E-state index contributed by atoms with van der Waals surface area (Å²) < 4.78 is 6.79. The van der Waals surface area contributed by atoms with Gasteiger partial charge in [0.2, 0.25) is 0 Å². The lowest BCUT2D eigenvalue weighted by Crippen LogP contribution is -2.38. The number of rotatable bonds is 6. The fourth-order valence-corrected chi connectivity index (χ4v) is 4.06. The van der Waals surface area contributed by atoms with Gasteiger partial charge in [0.25, 0.3) is 0 Å². The molecule has 110 valence electrons. The lowest BCUT2D eigenvalue weighted by Gasteiger charge is -2.31. The largest absolute Gasteiger partial charge is 0.465 e. The van der Waals surface area contributed by atoms with E-state index in [1.54, 1.807) is 11.3 Å². The van der Waals surface area contributed by atoms with Gasteiger partial charge in [-0.3, -0.25) is 4.90 Å². The Kier molecular flexibility index (Phi) is 5.43. The third kappa shape index (κ3) is 3.73. The van der Waals surface area contributed by atoms with Crippen LogP contribution < -0.4 is 5.73 Å². The van der Waals surface area contributed by atoms with E-state index in [0.717, 1.165) is 29.0 Å². The Morgan fingerprint density at radius 1 is 1.45 bits per heavy atom. The van der Waals surface area contributed by atoms with Crippen molar-refractivity contribution in [2.24, 2.45) is 5.73 Å². The van der Waals surface area contributed by atoms with Crippen LogP contribution in [0.4, 0.5) is 0 Å². The second kappa shape index (κ2) is 6.89. The van der Waals surface area contributed by atoms with Crippen molar-refractivity contribution in [3.63, 3.8) is 0 Å². The molecule has 2 aromatic rings. The molecule has 0 amide bonds. The predicted molar refractivity (Wildman–Crippen MR) is 87.9 cm³/mol. The summed E-state index contributed by atoms with van der Waals surface area (Å²) in [5.41, 5.74) is 6.34. The van der Waals surface area contributed by atoms with Crippen LogP contribution in [-0.4, -0.2) is 18.0 Å². The SMILES string of the molecule is CCC(N)C(c1cc(Br)cs1)N(C)Cc1ccc(C)o1. The molecule has 0 aliphatic carbocycles. The van der Waals surface area contributed by atoms with Crippen molar-refractivity contribution in [2.45, 2.75) is 38.9 Å². The molecule has 0 spiro atoms. The summed E-state index contributed by atoms with van der Waals surface area (Å²) in [6, 6.07) is 6.52. The first kappa shape index (κ1) is 15.8. The summed E-state index contributed by atoms with van der Waals surface area (Å²) in [4.78, 5) is 3.56. The molecular weight excluding hydrogens is 336 g/mol. The van der Waals surface area contributed by atoms with E-state index in [0.29, 0.717) is 0 Å². The highest BCUT2D eigenvalue weighted by molar-refractivity contribution is 9.10. The molecule has 2 N–H and O–H groups in total. The predicted octanol–water partition coefficient (Wildman–Crippen LogP) is 4.32. The Balaban J connectivity index is 2.17. The molecule has 5 heteroatoms. The Morgan fingerprint density at radius 3 is 2.70 bits per heavy atom. The third-order valence-electron chi connectivity index (χ3n) is 3.43. The zero-order valence-electron chi connectivity index (χ0n) is 12.1. The summed E-state index contributed by atoms with van der Waals surface area (Å²) in [5, 5.41) is 2.11. The summed E-state index contributed by atoms with van der Waals surface area (Å²) in [5.74, 6) is 1.93. The first-order valence-electron chi connectivity index (χ1n) is 6.76. The average Bonchev–Trinajstić information content (AvgIpc) is 2.99. The zero-order valence-corrected chi connectivity index (χ0v) is 14.5. The number of likely N-dealkylation sites (N-methyl/N-ethyl adjacent to an activating group) is 1. The normalized spacial score (nSPS) is 14.7. The molecule has 2 aromatic heterocycles. The van der Waals surface area contributed by atoms with Crippen molar-refractivity contribution in [1.82, 2.24) is 4.90 Å². The Bertz CT molecular complexity index is 552. The highest BCUT2D eigenvalue weighted by Gasteiger charge is 2.25. The van der Waals surface area contributed by atoms with Crippen molar-refractivity contribution in [1.29, 1.82) is 0 Å². The van der Waals surface area contributed by atoms with E-state index in [1.807, 2.05) is 19.1 Å². The molecule has 0 fully saturated rings. The fraction of sp³-hybridized carbons (Fsp3) is 0.467. The van der Waals surface area contributed by atoms with E-state index in [-0.39, 0.29) is 12.1 Å². The van der Waals surface area contributed by atoms with Crippen molar-refractivity contribution in [3.05, 3.63) is 44.4 Å². The number of furan rings is 1. The number of hydrogen-bond acceptors (Lipinski definition) is 4. The minimum absolute atomic E-state index is 0.113. The molecule has 0 aliphatic rings. The maximum atomic E-state index is 6.34. The van der Waals surface area contributed by atoms with Gasteiger partial charge in [-0.25, -0.2) is 0 Å². The van der Waals surface area contributed by atoms with Crippen LogP contribution in [0.3, 0.4) is 0 Å². The van der Waals surface area contributed by atoms with Crippen molar-refractivity contribution in [3.8, 4) is 0 Å². The van der Waals surface area contributed by atoms with Crippen LogP contribution in [0.25, 0.3) is 0 Å². The number of hydrogen-bond donors (Lipinski definition) is 1. The van der Waals surface area contributed by atoms with E-state index in [2.05, 4.69) is 46.2 Å². The summed E-state index contributed by atoms with van der Waals surface area (Å²) in [7, 11) is 2.10. The highest BCUT2D eigenvalue weighted by Crippen LogP contribution is 2.32. The summed E-state index contributed by atoms with van der Waals surface area (Å²) in [6.45, 7) is 4.86. The van der Waals surface area contributed by atoms with E-state index in [1.165, 1.54) is 4.88 Å². The number of nitrogens with zero attached hydrogens (tertiary/aromatic N) is 1. The van der Waals surface area contributed by atoms with Crippen LogP contribution in [0, 0.1) is 6.92 Å². The van der Waals surface area contributed by atoms with E-state index >= 15 is 0 Å². The van der Waals surface area contributed by atoms with Crippen LogP contribution in [0.1, 0.15) is 35.8 Å². The van der Waals surface area contributed by atoms with Gasteiger partial charge in [0.15, 0.2) is 0 Å². The van der Waals surface area contributed by atoms with Gasteiger partial charge < -0.3 is 10.2 Å². The molecule has 0 bridgehead atoms. The Hall–Kier alpha value is -0.620. The minimum atomic E-state index is 0.113. The molecule has 2 rings (SSSR count). The maximum Gasteiger partial charge on any atom is 0.118 e. The van der Waals surface area contributed by atoms with Gasteiger partial charge in [-0.05, 0) is 54.5 Å². The van der Waals surface area contributed by atoms with Gasteiger partial charge in [-0.15, -0.1) is 11.3 Å². The smallest absolute Gasteiger partial charge is 0.118 e. The van der Waals surface area contributed by atoms with Gasteiger partial charge in [0.1, 0.15) is 11.5 Å². The Morgan fingerprint density at radius 2 is 2.20 bits per heavy atom. The highest BCUT2D eigenvalue weighted by atomic mass is 79.9. The summed E-state index contributed by atoms with van der Waals surface area (Å²) >= 11 is 5.27. The molecule has 0 saturated carbocycles. The first-order chi connectivity index (χ1) is 9.51. The standard InChI is InChI=1S/C15H21BrN2OS/c1-4-13(17)15(14-7-11(16)9-20-14)18(3)8-12-6-5-10(2)19-12/h5-7,9,13,15H,4,8,17H2,1-3H3. The molecular formula is C15H21BrN2OS. The summed E-state index contributed by atoms with van der Waals surface area (Å²) in [6.07, 6.45) is 0.946. The molecule has 2 heterocycles. The lowest BCUT2D eigenvalue weighted by molar-refractivity contribution is 0.190. The lowest BCUT2D eigenvalue weighted by atomic mass is 10.0. The average molecular weight is 357 g/mol. The van der Waals surface area contributed by atoms with E-state index in [9.17, 15) is 0 Å². The zero-order chi connectivity index (χ0) is 14.7. The van der Waals surface area contributed by atoms with E-state index in [4.69, 9.17) is 10.2 Å². The fourth-order valence-electron chi connectivity index (χ4n) is 2.38. The van der Waals surface area contributed by atoms with Crippen LogP contribution in [-0.2, 0) is 6.54 Å². The van der Waals surface area contributed by atoms with Crippen molar-refractivity contribution in [2.75, 3.05) is 7.05 Å². The molecule has 0 radical (unpaired) electrons. The van der Waals surface area contributed by atoms with Gasteiger partial charge >= 0.3 is 0 Å². The molecule has 0 aromatic carbocycles. The quantitative estimate of drug-likeness (QED) is 0.837. The molecule has 0 saturated heterocycles. The number of thiophene rings is 1. The van der Waals surface area contributed by atoms with Gasteiger partial charge in [-0.2, -0.15) is 0 Å². The Labute approximate surface area is 132 Å². The van der Waals surface area contributed by atoms with Crippen LogP contribution >= 0.6 is 27.3 Å². The maximum absolute atomic E-state index is 6.34.